The van der Waals surface area contributed by atoms with E-state index in [-0.39, 0.29) is 46.1 Å². The molecule has 0 N–H and O–H groups in total. The second-order valence-corrected chi connectivity index (χ2v) is 4.79. The standard InChI is InChI=1S/C8H17.3C4H9.2Mg/c1-3-5-7-8-6-4-2;3*1-3-4-2;;/h1,3-8H2,2H3;3H,4H2,1-2H3;2*1,3-4H2,2H3;;/q4*-1;2*+2. The Balaban J connectivity index is -0.0000000400. The number of hydrogen-bond acceptors (Lipinski definition) is 0. The smallest absolute Gasteiger partial charge is 0.343 e. The van der Waals surface area contributed by atoms with Gasteiger partial charge in [0.2, 0.25) is 0 Å². The first-order valence-corrected chi connectivity index (χ1v) is 8.81. The van der Waals surface area contributed by atoms with E-state index in [1.807, 2.05) is 0 Å². The van der Waals surface area contributed by atoms with Gasteiger partial charge in [-0.1, -0.05) is 72.6 Å². The molecule has 0 aromatic rings. The molecule has 0 fully saturated rings. The Morgan fingerprint density at radius 2 is 0.909 bits per heavy atom. The SMILES string of the molecule is C[CH-]CC.[CH2-]CCC.[CH2-]CCC.[CH2-]CCCCCCC.[Mg+2].[Mg+2]. The van der Waals surface area contributed by atoms with Gasteiger partial charge in [0.1, 0.15) is 0 Å². The molecule has 0 rings (SSSR count). The van der Waals surface area contributed by atoms with Crippen molar-refractivity contribution in [3.8, 4) is 0 Å². The van der Waals surface area contributed by atoms with Crippen LogP contribution in [0.3, 0.4) is 0 Å². The third-order valence-electron chi connectivity index (χ3n) is 2.47. The summed E-state index contributed by atoms with van der Waals surface area (Å²) in [5.41, 5.74) is 0. The molecule has 0 heterocycles. The Morgan fingerprint density at radius 3 is 1.09 bits per heavy atom. The topological polar surface area (TPSA) is 0 Å². The Labute approximate surface area is 177 Å². The minimum atomic E-state index is 0. The molecule has 22 heavy (non-hydrogen) atoms. The van der Waals surface area contributed by atoms with E-state index in [4.69, 9.17) is 0 Å². The summed E-state index contributed by atoms with van der Waals surface area (Å²) in [6, 6.07) is 0. The van der Waals surface area contributed by atoms with Crippen molar-refractivity contribution >= 4 is 46.1 Å². The first-order chi connectivity index (χ1) is 9.66. The molecule has 0 bridgehead atoms. The van der Waals surface area contributed by atoms with E-state index in [9.17, 15) is 0 Å². The summed E-state index contributed by atoms with van der Waals surface area (Å²) in [6.07, 6.45) is 15.9. The normalized spacial score (nSPS) is 7.64. The second kappa shape index (κ2) is 57.0. The molecule has 0 nitrogen and oxygen atoms in total. The van der Waals surface area contributed by atoms with E-state index < -0.39 is 0 Å². The van der Waals surface area contributed by atoms with Crippen molar-refractivity contribution < 1.29 is 0 Å². The van der Waals surface area contributed by atoms with Gasteiger partial charge in [0.15, 0.2) is 0 Å². The van der Waals surface area contributed by atoms with Crippen LogP contribution in [0.1, 0.15) is 105 Å². The van der Waals surface area contributed by atoms with Crippen molar-refractivity contribution in [3.63, 3.8) is 0 Å². The minimum absolute atomic E-state index is 0. The predicted octanol–water partition coefficient (Wildman–Crippen LogP) is 7.28. The quantitative estimate of drug-likeness (QED) is 0.249. The van der Waals surface area contributed by atoms with Crippen LogP contribution in [-0.4, -0.2) is 46.1 Å². The van der Waals surface area contributed by atoms with Gasteiger partial charge in [0.05, 0.1) is 0 Å². The zero-order chi connectivity index (χ0) is 16.5. The zero-order valence-electron chi connectivity index (χ0n) is 16.9. The van der Waals surface area contributed by atoms with Crippen LogP contribution in [0.4, 0.5) is 0 Å². The Kier molecular flexibility index (Phi) is 101. The maximum Gasteiger partial charge on any atom is 2.00 e. The Morgan fingerprint density at radius 1 is 0.591 bits per heavy atom. The third kappa shape index (κ3) is 99.9. The molecule has 0 atom stereocenters. The fourth-order valence-electron chi connectivity index (χ4n) is 0.780. The van der Waals surface area contributed by atoms with Gasteiger partial charge in [-0.25, -0.2) is 0 Å². The molecular formula is C20H44Mg2. The summed E-state index contributed by atoms with van der Waals surface area (Å²) in [5.74, 6) is 0. The van der Waals surface area contributed by atoms with Gasteiger partial charge in [-0.2, -0.15) is 32.6 Å². The molecule has 0 amide bonds. The second-order valence-electron chi connectivity index (χ2n) is 4.79. The molecule has 0 saturated heterocycles. The van der Waals surface area contributed by atoms with Crippen molar-refractivity contribution in [1.29, 1.82) is 0 Å². The average Bonchev–Trinajstić information content (AvgIpc) is 2.52. The van der Waals surface area contributed by atoms with Crippen molar-refractivity contribution in [1.82, 2.24) is 0 Å². The molecule has 0 aliphatic carbocycles. The summed E-state index contributed by atoms with van der Waals surface area (Å²) in [6.45, 7) is 21.6. The molecule has 0 aliphatic heterocycles. The van der Waals surface area contributed by atoms with Crippen molar-refractivity contribution in [2.75, 3.05) is 0 Å². The third-order valence-corrected chi connectivity index (χ3v) is 2.47. The molecule has 0 radical (unpaired) electrons. The molecular weight excluding hydrogens is 289 g/mol. The van der Waals surface area contributed by atoms with Crippen molar-refractivity contribution in [3.05, 3.63) is 27.2 Å². The molecule has 0 spiro atoms. The van der Waals surface area contributed by atoms with Crippen LogP contribution in [0.15, 0.2) is 0 Å². The van der Waals surface area contributed by atoms with E-state index in [2.05, 4.69) is 61.8 Å². The molecule has 128 valence electrons. The van der Waals surface area contributed by atoms with Crippen LogP contribution in [0.2, 0.25) is 0 Å². The van der Waals surface area contributed by atoms with Crippen LogP contribution in [-0.2, 0) is 0 Å². The fraction of sp³-hybridized carbons (Fsp3) is 0.800. The van der Waals surface area contributed by atoms with Crippen molar-refractivity contribution in [2.24, 2.45) is 0 Å². The van der Waals surface area contributed by atoms with E-state index in [0.717, 1.165) is 19.3 Å². The Hall–Kier alpha value is 1.53. The van der Waals surface area contributed by atoms with Crippen LogP contribution < -0.4 is 0 Å². The molecule has 0 aromatic carbocycles. The van der Waals surface area contributed by atoms with Gasteiger partial charge in [0, 0.05) is 0 Å². The van der Waals surface area contributed by atoms with Gasteiger partial charge >= 0.3 is 46.1 Å². The summed E-state index contributed by atoms with van der Waals surface area (Å²) in [4.78, 5) is 0. The summed E-state index contributed by atoms with van der Waals surface area (Å²) in [7, 11) is 0. The molecule has 0 aliphatic rings. The van der Waals surface area contributed by atoms with E-state index >= 15 is 0 Å². The first-order valence-electron chi connectivity index (χ1n) is 8.81. The summed E-state index contributed by atoms with van der Waals surface area (Å²) >= 11 is 0. The first kappa shape index (κ1) is 38.9. The van der Waals surface area contributed by atoms with E-state index in [1.165, 1.54) is 51.4 Å². The average molecular weight is 333 g/mol. The maximum atomic E-state index is 3.78. The summed E-state index contributed by atoms with van der Waals surface area (Å²) in [5, 5.41) is 0. The maximum absolute atomic E-state index is 3.78. The van der Waals surface area contributed by atoms with Crippen LogP contribution in [0.5, 0.6) is 0 Å². The monoisotopic (exact) mass is 332 g/mol. The number of unbranched alkanes of at least 4 members (excludes halogenated alkanes) is 8. The van der Waals surface area contributed by atoms with Crippen molar-refractivity contribution in [2.45, 2.75) is 105 Å². The van der Waals surface area contributed by atoms with Crippen LogP contribution in [0, 0.1) is 27.2 Å². The molecule has 2 heteroatoms. The molecule has 0 saturated carbocycles. The van der Waals surface area contributed by atoms with Gasteiger partial charge in [0.25, 0.3) is 0 Å². The largest absolute Gasteiger partial charge is 2.00 e. The minimum Gasteiger partial charge on any atom is -0.343 e. The van der Waals surface area contributed by atoms with Crippen LogP contribution in [0.25, 0.3) is 0 Å². The molecule has 0 unspecified atom stereocenters. The van der Waals surface area contributed by atoms with Gasteiger partial charge < -0.3 is 27.2 Å². The summed E-state index contributed by atoms with van der Waals surface area (Å²) < 4.78 is 0. The van der Waals surface area contributed by atoms with E-state index in [1.54, 1.807) is 0 Å². The zero-order valence-corrected chi connectivity index (χ0v) is 19.7. The predicted molar refractivity (Wildman–Crippen MR) is 111 cm³/mol. The Bertz CT molecular complexity index is 74.2. The van der Waals surface area contributed by atoms with Gasteiger partial charge in [-0.3, -0.25) is 0 Å². The number of hydrogen-bond donors (Lipinski definition) is 0. The molecule has 0 aromatic heterocycles. The van der Waals surface area contributed by atoms with Gasteiger partial charge in [-0.15, -0.1) is 0 Å². The fourth-order valence-corrected chi connectivity index (χ4v) is 0.780. The van der Waals surface area contributed by atoms with Crippen LogP contribution >= 0.6 is 0 Å². The van der Waals surface area contributed by atoms with Gasteiger partial charge in [-0.05, 0) is 0 Å². The number of rotatable bonds is 8. The van der Waals surface area contributed by atoms with E-state index in [0.29, 0.717) is 0 Å².